The van der Waals surface area contributed by atoms with Crippen molar-refractivity contribution in [1.29, 1.82) is 0 Å². The van der Waals surface area contributed by atoms with Gasteiger partial charge in [-0.2, -0.15) is 0 Å². The number of thiazole rings is 1. The number of ether oxygens (including phenoxy) is 1. The second-order valence-electron chi connectivity index (χ2n) is 9.71. The molecule has 0 unspecified atom stereocenters. The number of carbonyl (C=O) groups is 1. The van der Waals surface area contributed by atoms with Crippen LogP contribution in [-0.2, 0) is 0 Å². The Morgan fingerprint density at radius 2 is 1.43 bits per heavy atom. The number of piperidine rings is 1. The van der Waals surface area contributed by atoms with Crippen molar-refractivity contribution in [3.05, 3.63) is 59.1 Å². The molecular formula is C29H35N3O2S. The summed E-state index contributed by atoms with van der Waals surface area (Å²) in [5.41, 5.74) is 4.18. The molecule has 5 rings (SSSR count). The minimum atomic E-state index is 0.149. The minimum Gasteiger partial charge on any atom is -0.497 e. The van der Waals surface area contributed by atoms with E-state index in [0.29, 0.717) is 6.04 Å². The first kappa shape index (κ1) is 24.0. The summed E-state index contributed by atoms with van der Waals surface area (Å²) in [7, 11) is 1.68. The van der Waals surface area contributed by atoms with Crippen molar-refractivity contribution >= 4 is 17.2 Å². The van der Waals surface area contributed by atoms with Gasteiger partial charge in [0, 0.05) is 24.7 Å². The third-order valence-corrected chi connectivity index (χ3v) is 8.65. The maximum absolute atomic E-state index is 13.4. The highest BCUT2D eigenvalue weighted by Gasteiger charge is 2.29. The monoisotopic (exact) mass is 489 g/mol. The molecule has 2 aliphatic rings. The quantitative estimate of drug-likeness (QED) is 0.423. The molecule has 2 aliphatic heterocycles. The molecule has 3 heterocycles. The largest absolute Gasteiger partial charge is 0.497 e. The molecule has 0 radical (unpaired) electrons. The predicted molar refractivity (Wildman–Crippen MR) is 143 cm³/mol. The van der Waals surface area contributed by atoms with Gasteiger partial charge in [0.05, 0.1) is 12.8 Å². The maximum Gasteiger partial charge on any atom is 0.265 e. The van der Waals surface area contributed by atoms with Crippen LogP contribution in [0, 0.1) is 6.92 Å². The molecule has 2 aromatic carbocycles. The van der Waals surface area contributed by atoms with Gasteiger partial charge in [0.15, 0.2) is 0 Å². The second-order valence-corrected chi connectivity index (χ2v) is 10.7. The van der Waals surface area contributed by atoms with Gasteiger partial charge in [-0.15, -0.1) is 11.3 Å². The van der Waals surface area contributed by atoms with Gasteiger partial charge >= 0.3 is 0 Å². The fourth-order valence-corrected chi connectivity index (χ4v) is 6.38. The number of aromatic nitrogens is 1. The number of methoxy groups -OCH3 is 1. The first-order valence-electron chi connectivity index (χ1n) is 12.9. The molecule has 5 nitrogen and oxygen atoms in total. The molecule has 2 saturated heterocycles. The molecular weight excluding hydrogens is 454 g/mol. The van der Waals surface area contributed by atoms with Crippen LogP contribution in [0.5, 0.6) is 5.75 Å². The van der Waals surface area contributed by atoms with Crippen LogP contribution in [-0.4, -0.2) is 60.0 Å². The number of hydrogen-bond donors (Lipinski definition) is 0. The van der Waals surface area contributed by atoms with Crippen molar-refractivity contribution in [2.75, 3.05) is 33.3 Å². The molecule has 184 valence electrons. The molecule has 35 heavy (non-hydrogen) atoms. The summed E-state index contributed by atoms with van der Waals surface area (Å²) in [6.07, 6.45) is 7.55. The fourth-order valence-electron chi connectivity index (χ4n) is 5.35. The Bertz CT molecular complexity index is 1120. The van der Waals surface area contributed by atoms with Crippen molar-refractivity contribution in [1.82, 2.24) is 14.8 Å². The molecule has 0 aliphatic carbocycles. The van der Waals surface area contributed by atoms with E-state index in [1.807, 2.05) is 24.0 Å². The summed E-state index contributed by atoms with van der Waals surface area (Å²) >= 11 is 1.52. The molecule has 0 atom stereocenters. The van der Waals surface area contributed by atoms with Crippen molar-refractivity contribution in [3.63, 3.8) is 0 Å². The Balaban J connectivity index is 1.24. The van der Waals surface area contributed by atoms with Gasteiger partial charge in [-0.25, -0.2) is 4.98 Å². The summed E-state index contributed by atoms with van der Waals surface area (Å²) in [5.74, 6) is 1.00. The molecule has 1 amide bonds. The zero-order valence-electron chi connectivity index (χ0n) is 20.8. The van der Waals surface area contributed by atoms with Crippen LogP contribution in [0.25, 0.3) is 21.7 Å². The van der Waals surface area contributed by atoms with E-state index in [4.69, 9.17) is 9.72 Å². The van der Waals surface area contributed by atoms with Crippen LogP contribution in [0.15, 0.2) is 48.5 Å². The lowest BCUT2D eigenvalue weighted by Crippen LogP contribution is -2.47. The van der Waals surface area contributed by atoms with E-state index in [0.717, 1.165) is 63.9 Å². The van der Waals surface area contributed by atoms with Crippen molar-refractivity contribution in [2.24, 2.45) is 0 Å². The predicted octanol–water partition coefficient (Wildman–Crippen LogP) is 6.27. The van der Waals surface area contributed by atoms with Crippen LogP contribution < -0.4 is 4.74 Å². The zero-order chi connectivity index (χ0) is 24.2. The average Bonchev–Trinajstić information content (AvgIpc) is 3.11. The van der Waals surface area contributed by atoms with Crippen LogP contribution in [0.3, 0.4) is 0 Å². The zero-order valence-corrected chi connectivity index (χ0v) is 21.7. The Labute approximate surface area is 212 Å². The number of hydrogen-bond acceptors (Lipinski definition) is 5. The van der Waals surface area contributed by atoms with Gasteiger partial charge in [0.1, 0.15) is 15.6 Å². The summed E-state index contributed by atoms with van der Waals surface area (Å²) in [5, 5.41) is 0.909. The van der Waals surface area contributed by atoms with Gasteiger partial charge in [-0.3, -0.25) is 4.79 Å². The van der Waals surface area contributed by atoms with E-state index in [-0.39, 0.29) is 5.91 Å². The minimum absolute atomic E-state index is 0.149. The number of carbonyl (C=O) groups excluding carboxylic acids is 1. The molecule has 6 heteroatoms. The van der Waals surface area contributed by atoms with E-state index in [1.165, 1.54) is 50.1 Å². The normalized spacial score (nSPS) is 17.8. The number of aryl methyl sites for hydroxylation is 1. The van der Waals surface area contributed by atoms with Crippen molar-refractivity contribution < 1.29 is 9.53 Å². The van der Waals surface area contributed by atoms with E-state index in [2.05, 4.69) is 41.3 Å². The number of rotatable bonds is 5. The van der Waals surface area contributed by atoms with E-state index in [9.17, 15) is 4.79 Å². The lowest BCUT2D eigenvalue weighted by molar-refractivity contribution is 0.0626. The van der Waals surface area contributed by atoms with Gasteiger partial charge in [0.25, 0.3) is 5.91 Å². The maximum atomic E-state index is 13.4. The number of likely N-dealkylation sites (tertiary alicyclic amines) is 2. The van der Waals surface area contributed by atoms with Crippen molar-refractivity contribution in [2.45, 2.75) is 51.5 Å². The first-order chi connectivity index (χ1) is 17.1. The Morgan fingerprint density at radius 1 is 0.857 bits per heavy atom. The topological polar surface area (TPSA) is 45.7 Å². The van der Waals surface area contributed by atoms with Gasteiger partial charge in [-0.1, -0.05) is 49.2 Å². The standard InChI is InChI=1S/C29H35N3O2S/c1-21-27(29(33)32-19-15-25(16-20-32)31-17-5-3-4-6-18-31)35-28(30-21)24-9-7-22(8-10-24)23-11-13-26(34-2)14-12-23/h7-14,25H,3-6,15-20H2,1-2H3. The lowest BCUT2D eigenvalue weighted by atomic mass is 10.0. The molecule has 2 fully saturated rings. The van der Waals surface area contributed by atoms with Crippen LogP contribution in [0.1, 0.15) is 53.9 Å². The number of benzene rings is 2. The number of nitrogens with zero attached hydrogens (tertiary/aromatic N) is 3. The van der Waals surface area contributed by atoms with E-state index >= 15 is 0 Å². The summed E-state index contributed by atoms with van der Waals surface area (Å²) in [6, 6.07) is 17.1. The van der Waals surface area contributed by atoms with Crippen LogP contribution in [0.2, 0.25) is 0 Å². The Morgan fingerprint density at radius 3 is 2.03 bits per heavy atom. The molecule has 0 saturated carbocycles. The third kappa shape index (κ3) is 5.44. The molecule has 3 aromatic rings. The van der Waals surface area contributed by atoms with Crippen LogP contribution >= 0.6 is 11.3 Å². The Hall–Kier alpha value is -2.70. The van der Waals surface area contributed by atoms with E-state index < -0.39 is 0 Å². The second kappa shape index (κ2) is 10.9. The third-order valence-electron chi connectivity index (χ3n) is 7.45. The van der Waals surface area contributed by atoms with Gasteiger partial charge in [-0.05, 0) is 69.0 Å². The van der Waals surface area contributed by atoms with Crippen molar-refractivity contribution in [3.8, 4) is 27.4 Å². The molecule has 0 bridgehead atoms. The highest BCUT2D eigenvalue weighted by Crippen LogP contribution is 2.32. The molecule has 1 aromatic heterocycles. The Kier molecular flexibility index (Phi) is 7.49. The highest BCUT2D eigenvalue weighted by atomic mass is 32.1. The lowest BCUT2D eigenvalue weighted by Gasteiger charge is -2.38. The van der Waals surface area contributed by atoms with Crippen LogP contribution in [0.4, 0.5) is 0 Å². The van der Waals surface area contributed by atoms with E-state index in [1.54, 1.807) is 7.11 Å². The summed E-state index contributed by atoms with van der Waals surface area (Å²) < 4.78 is 5.26. The SMILES string of the molecule is COc1ccc(-c2ccc(-c3nc(C)c(C(=O)N4CCC(N5CCCCCC5)CC4)s3)cc2)cc1. The molecule has 0 N–H and O–H groups in total. The number of amides is 1. The smallest absolute Gasteiger partial charge is 0.265 e. The summed E-state index contributed by atoms with van der Waals surface area (Å²) in [6.45, 7) is 6.12. The first-order valence-corrected chi connectivity index (χ1v) is 13.7. The highest BCUT2D eigenvalue weighted by molar-refractivity contribution is 7.17. The molecule has 0 spiro atoms. The average molecular weight is 490 g/mol. The van der Waals surface area contributed by atoms with Gasteiger partial charge < -0.3 is 14.5 Å². The fraction of sp³-hybridized carbons (Fsp3) is 0.448. The summed E-state index contributed by atoms with van der Waals surface area (Å²) in [4.78, 5) is 23.6. The van der Waals surface area contributed by atoms with Gasteiger partial charge in [0.2, 0.25) is 0 Å².